The summed E-state index contributed by atoms with van der Waals surface area (Å²) in [4.78, 5) is 14.2. The minimum absolute atomic E-state index is 0.0250. The number of terminal acetylenes is 1. The van der Waals surface area contributed by atoms with Gasteiger partial charge in [-0.25, -0.2) is 0 Å². The van der Waals surface area contributed by atoms with Gasteiger partial charge in [0.05, 0.1) is 17.9 Å². The van der Waals surface area contributed by atoms with Crippen LogP contribution in [-0.2, 0) is 22.3 Å². The molecule has 1 heterocycles. The Balaban J connectivity index is 1.86. The molecule has 0 saturated carbocycles. The first-order valence-electron chi connectivity index (χ1n) is 11.8. The molecule has 0 aromatic heterocycles. The van der Waals surface area contributed by atoms with E-state index in [4.69, 9.17) is 26.7 Å². The minimum atomic E-state index is -4.45. The molecule has 4 N–H and O–H groups in total. The minimum Gasteiger partial charge on any atom is -0.486 e. The van der Waals surface area contributed by atoms with Crippen LogP contribution >= 0.6 is 0 Å². The molecular formula is C26H34F3N3O4. The molecule has 0 spiro atoms. The van der Waals surface area contributed by atoms with Gasteiger partial charge in [-0.05, 0) is 55.5 Å². The second-order valence-electron chi connectivity index (χ2n) is 8.50. The Bertz CT molecular complexity index is 970. The van der Waals surface area contributed by atoms with E-state index in [0.717, 1.165) is 29.8 Å². The smallest absolute Gasteiger partial charge is 0.422 e. The van der Waals surface area contributed by atoms with E-state index in [9.17, 15) is 18.0 Å². The van der Waals surface area contributed by atoms with Crippen molar-refractivity contribution in [1.82, 2.24) is 5.32 Å². The van der Waals surface area contributed by atoms with Gasteiger partial charge in [-0.1, -0.05) is 18.1 Å². The molecule has 0 fully saturated rings. The van der Waals surface area contributed by atoms with Crippen LogP contribution in [-0.4, -0.2) is 69.3 Å². The number of alkyl halides is 3. The van der Waals surface area contributed by atoms with Crippen molar-refractivity contribution in [2.45, 2.75) is 38.4 Å². The maximum Gasteiger partial charge on any atom is 0.422 e. The van der Waals surface area contributed by atoms with Crippen molar-refractivity contribution in [3.05, 3.63) is 52.8 Å². The summed E-state index contributed by atoms with van der Waals surface area (Å²) in [5, 5.41) is 12.4. The first-order valence-corrected chi connectivity index (χ1v) is 11.8. The molecule has 1 unspecified atom stereocenters. The van der Waals surface area contributed by atoms with E-state index >= 15 is 0 Å². The number of aliphatic hydroxyl groups is 1. The number of hydrogen-bond donors (Lipinski definition) is 3. The third-order valence-corrected chi connectivity index (χ3v) is 5.49. The average Bonchev–Trinajstić information content (AvgIpc) is 3.22. The zero-order chi connectivity index (χ0) is 26.6. The molecule has 10 heteroatoms. The zero-order valence-electron chi connectivity index (χ0n) is 20.4. The number of nitrogens with zero attached hydrogens (tertiary/aromatic N) is 1. The van der Waals surface area contributed by atoms with Crippen LogP contribution in [0.2, 0.25) is 0 Å². The van der Waals surface area contributed by atoms with Crippen LogP contribution in [0, 0.1) is 12.3 Å². The first-order chi connectivity index (χ1) is 17.1. The standard InChI is InChI=1S/C26H34F3N3O4/c1-3-4-5-7-22(36-18-26(27,28)29)17-35-13-9-31-19(2)14-20-15-21-8-11-32(10-6-12-33)24(21)23(16-20)25(30)34/h1,4-5,7,15-16,19,31,33H,6,8-14,17-18H2,2H3,(H2,30,34)/b5-4-,22-7+. The Morgan fingerprint density at radius 3 is 2.86 bits per heavy atom. The van der Waals surface area contributed by atoms with Gasteiger partial charge in [-0.3, -0.25) is 4.79 Å². The maximum atomic E-state index is 12.4. The monoisotopic (exact) mass is 509 g/mol. The predicted octanol–water partition coefficient (Wildman–Crippen LogP) is 2.72. The summed E-state index contributed by atoms with van der Waals surface area (Å²) in [6, 6.07) is 3.97. The molecule has 0 saturated heterocycles. The molecule has 36 heavy (non-hydrogen) atoms. The van der Waals surface area contributed by atoms with Gasteiger partial charge in [0, 0.05) is 32.3 Å². The number of amides is 1. The lowest BCUT2D eigenvalue weighted by molar-refractivity contribution is -0.166. The second-order valence-corrected chi connectivity index (χ2v) is 8.50. The molecule has 1 amide bonds. The summed E-state index contributed by atoms with van der Waals surface area (Å²) in [6.07, 6.45) is 6.83. The number of allylic oxidation sites excluding steroid dienone is 3. The summed E-state index contributed by atoms with van der Waals surface area (Å²) >= 11 is 0. The van der Waals surface area contributed by atoms with Crippen molar-refractivity contribution >= 4 is 11.6 Å². The van der Waals surface area contributed by atoms with Crippen LogP contribution in [0.5, 0.6) is 0 Å². The normalized spacial score (nSPS) is 14.7. The fraction of sp³-hybridized carbons (Fsp3) is 0.500. The van der Waals surface area contributed by atoms with E-state index in [1.54, 1.807) is 0 Å². The number of hydrogen-bond acceptors (Lipinski definition) is 6. The third kappa shape index (κ3) is 9.93. The van der Waals surface area contributed by atoms with E-state index in [2.05, 4.69) is 22.2 Å². The van der Waals surface area contributed by atoms with Crippen LogP contribution in [0.4, 0.5) is 18.9 Å². The largest absolute Gasteiger partial charge is 0.486 e. The molecule has 0 bridgehead atoms. The number of primary amides is 1. The molecular weight excluding hydrogens is 475 g/mol. The Hall–Kier alpha value is -3.00. The summed E-state index contributed by atoms with van der Waals surface area (Å²) < 4.78 is 47.5. The highest BCUT2D eigenvalue weighted by molar-refractivity contribution is 6.00. The van der Waals surface area contributed by atoms with Crippen LogP contribution in [0.15, 0.2) is 36.1 Å². The fourth-order valence-electron chi connectivity index (χ4n) is 3.98. The number of benzene rings is 1. The average molecular weight is 510 g/mol. The van der Waals surface area contributed by atoms with Gasteiger partial charge in [0.15, 0.2) is 6.61 Å². The second kappa shape index (κ2) is 14.5. The van der Waals surface area contributed by atoms with E-state index in [0.29, 0.717) is 31.5 Å². The quantitative estimate of drug-likeness (QED) is 0.146. The first kappa shape index (κ1) is 29.2. The number of ether oxygens (including phenoxy) is 2. The topological polar surface area (TPSA) is 97.0 Å². The maximum absolute atomic E-state index is 12.4. The van der Waals surface area contributed by atoms with E-state index in [1.807, 2.05) is 13.0 Å². The fourth-order valence-corrected chi connectivity index (χ4v) is 3.98. The van der Waals surface area contributed by atoms with Crippen LogP contribution in [0.1, 0.15) is 34.8 Å². The van der Waals surface area contributed by atoms with Gasteiger partial charge in [0.25, 0.3) is 5.91 Å². The molecule has 0 aliphatic carbocycles. The Kier molecular flexibility index (Phi) is 11.8. The van der Waals surface area contributed by atoms with Crippen molar-refractivity contribution in [3.8, 4) is 12.3 Å². The molecule has 1 aliphatic rings. The van der Waals surface area contributed by atoms with Crippen molar-refractivity contribution < 1.29 is 32.5 Å². The number of halogens is 3. The van der Waals surface area contributed by atoms with Crippen LogP contribution in [0.3, 0.4) is 0 Å². The Morgan fingerprint density at radius 2 is 2.19 bits per heavy atom. The number of nitrogens with one attached hydrogen (secondary N) is 1. The van der Waals surface area contributed by atoms with Gasteiger partial charge in [-0.15, -0.1) is 6.42 Å². The molecule has 0 radical (unpaired) electrons. The SMILES string of the molecule is C#C/C=C\C=C(/COCCNC(C)Cc1cc2c(c(C(N)=O)c1)N(CCCO)CC2)OCC(F)(F)F. The third-order valence-electron chi connectivity index (χ3n) is 5.49. The summed E-state index contributed by atoms with van der Waals surface area (Å²) in [6.45, 7) is 2.72. The highest BCUT2D eigenvalue weighted by Crippen LogP contribution is 2.33. The molecule has 1 aliphatic heterocycles. The van der Waals surface area contributed by atoms with Crippen molar-refractivity contribution in [3.63, 3.8) is 0 Å². The molecule has 1 aromatic rings. The van der Waals surface area contributed by atoms with E-state index in [1.165, 1.54) is 18.2 Å². The number of carbonyl (C=O) groups is 1. The summed E-state index contributed by atoms with van der Waals surface area (Å²) in [5.74, 6) is 1.79. The number of rotatable bonds is 15. The van der Waals surface area contributed by atoms with Crippen molar-refractivity contribution in [1.29, 1.82) is 0 Å². The summed E-state index contributed by atoms with van der Waals surface area (Å²) in [5.41, 5.74) is 9.08. The number of aliphatic hydroxyl groups excluding tert-OH is 1. The molecule has 1 atom stereocenters. The molecule has 2 rings (SSSR count). The molecule has 1 aromatic carbocycles. The molecule has 7 nitrogen and oxygen atoms in total. The lowest BCUT2D eigenvalue weighted by Crippen LogP contribution is -2.31. The highest BCUT2D eigenvalue weighted by Gasteiger charge is 2.29. The van der Waals surface area contributed by atoms with Crippen LogP contribution in [0.25, 0.3) is 0 Å². The van der Waals surface area contributed by atoms with Gasteiger partial charge in [0.1, 0.15) is 12.4 Å². The molecule has 198 valence electrons. The van der Waals surface area contributed by atoms with Crippen LogP contribution < -0.4 is 16.0 Å². The van der Waals surface area contributed by atoms with Crippen molar-refractivity contribution in [2.24, 2.45) is 5.73 Å². The summed E-state index contributed by atoms with van der Waals surface area (Å²) in [7, 11) is 0. The Labute approximate surface area is 210 Å². The number of anilines is 1. The zero-order valence-corrected chi connectivity index (χ0v) is 20.4. The number of nitrogens with two attached hydrogens (primary N) is 1. The Morgan fingerprint density at radius 1 is 1.42 bits per heavy atom. The number of carbonyl (C=O) groups excluding carboxylic acids is 1. The van der Waals surface area contributed by atoms with Gasteiger partial charge >= 0.3 is 6.18 Å². The highest BCUT2D eigenvalue weighted by atomic mass is 19.4. The van der Waals surface area contributed by atoms with Gasteiger partial charge < -0.3 is 30.5 Å². The van der Waals surface area contributed by atoms with E-state index < -0.39 is 18.7 Å². The van der Waals surface area contributed by atoms with Gasteiger partial charge in [-0.2, -0.15) is 13.2 Å². The van der Waals surface area contributed by atoms with Gasteiger partial charge in [0.2, 0.25) is 0 Å². The lowest BCUT2D eigenvalue weighted by atomic mass is 9.98. The predicted molar refractivity (Wildman–Crippen MR) is 133 cm³/mol. The number of fused-ring (bicyclic) bond motifs is 1. The lowest BCUT2D eigenvalue weighted by Gasteiger charge is -2.22. The van der Waals surface area contributed by atoms with E-state index in [-0.39, 0.29) is 31.6 Å². The van der Waals surface area contributed by atoms with Crippen molar-refractivity contribution in [2.75, 3.05) is 51.0 Å².